The number of anilines is 2. The first kappa shape index (κ1) is 9.02. The van der Waals surface area contributed by atoms with Gasteiger partial charge in [-0.1, -0.05) is 6.07 Å². The predicted octanol–water partition coefficient (Wildman–Crippen LogP) is 0.899. The second kappa shape index (κ2) is 3.31. The maximum atomic E-state index is 11.5. The van der Waals surface area contributed by atoms with Crippen LogP contribution in [0.2, 0.25) is 0 Å². The van der Waals surface area contributed by atoms with Gasteiger partial charge in [-0.25, -0.2) is 10.4 Å². The third kappa shape index (κ3) is 1.56. The maximum absolute atomic E-state index is 11.5. The highest BCUT2D eigenvalue weighted by Crippen LogP contribution is 2.20. The molecule has 0 aromatic heterocycles. The van der Waals surface area contributed by atoms with Gasteiger partial charge in [0.2, 0.25) is 5.91 Å². The normalized spacial score (nSPS) is 21.6. The molecule has 74 valence electrons. The molecular weight excluding hydrogens is 178 g/mol. The number of hydrogen-bond donors (Lipinski definition) is 2. The molecule has 1 saturated heterocycles. The summed E-state index contributed by atoms with van der Waals surface area (Å²) in [5, 5.41) is 1.56. The standard InChI is InChI=1S/C10H13N3O/c1-7-5-10(14)13(12-7)9-4-2-3-8(11)6-9/h2-4,6-7,12H,5,11H2,1H3/t7-/m1/s1. The second-order valence-electron chi connectivity index (χ2n) is 3.56. The summed E-state index contributed by atoms with van der Waals surface area (Å²) >= 11 is 0. The molecule has 0 unspecified atom stereocenters. The van der Waals surface area contributed by atoms with Crippen molar-refractivity contribution in [3.05, 3.63) is 24.3 Å². The molecule has 1 aromatic rings. The van der Waals surface area contributed by atoms with E-state index in [1.807, 2.05) is 19.1 Å². The maximum Gasteiger partial charge on any atom is 0.242 e. The van der Waals surface area contributed by atoms with Gasteiger partial charge in [0.1, 0.15) is 0 Å². The molecule has 1 aliphatic rings. The summed E-state index contributed by atoms with van der Waals surface area (Å²) in [7, 11) is 0. The van der Waals surface area contributed by atoms with Gasteiger partial charge in [-0.3, -0.25) is 4.79 Å². The van der Waals surface area contributed by atoms with Crippen molar-refractivity contribution < 1.29 is 4.79 Å². The van der Waals surface area contributed by atoms with Crippen molar-refractivity contribution in [3.8, 4) is 0 Å². The molecular formula is C10H13N3O. The van der Waals surface area contributed by atoms with Crippen LogP contribution in [0.4, 0.5) is 11.4 Å². The monoisotopic (exact) mass is 191 g/mol. The van der Waals surface area contributed by atoms with E-state index in [1.165, 1.54) is 0 Å². The van der Waals surface area contributed by atoms with E-state index >= 15 is 0 Å². The molecule has 4 nitrogen and oxygen atoms in total. The van der Waals surface area contributed by atoms with Crippen LogP contribution >= 0.6 is 0 Å². The molecule has 2 rings (SSSR count). The minimum atomic E-state index is 0.0862. The van der Waals surface area contributed by atoms with Gasteiger partial charge < -0.3 is 5.73 Å². The van der Waals surface area contributed by atoms with E-state index in [4.69, 9.17) is 5.73 Å². The Kier molecular flexibility index (Phi) is 2.13. The molecule has 0 radical (unpaired) electrons. The van der Waals surface area contributed by atoms with E-state index < -0.39 is 0 Å². The molecule has 3 N–H and O–H groups in total. The number of nitrogen functional groups attached to an aromatic ring is 1. The molecule has 1 heterocycles. The van der Waals surface area contributed by atoms with Crippen LogP contribution in [0.15, 0.2) is 24.3 Å². The molecule has 0 spiro atoms. The minimum absolute atomic E-state index is 0.0862. The Morgan fingerprint density at radius 2 is 2.36 bits per heavy atom. The zero-order chi connectivity index (χ0) is 10.1. The SMILES string of the molecule is C[C@@H]1CC(=O)N(c2cccc(N)c2)N1. The molecule has 1 aromatic carbocycles. The Bertz CT molecular complexity index is 364. The first-order valence-corrected chi connectivity index (χ1v) is 4.61. The van der Waals surface area contributed by atoms with Crippen molar-refractivity contribution in [3.63, 3.8) is 0 Å². The molecule has 0 saturated carbocycles. The summed E-state index contributed by atoms with van der Waals surface area (Å²) in [6.45, 7) is 1.98. The van der Waals surface area contributed by atoms with Gasteiger partial charge in [0, 0.05) is 18.2 Å². The fourth-order valence-corrected chi connectivity index (χ4v) is 1.57. The van der Waals surface area contributed by atoms with Crippen LogP contribution in [-0.2, 0) is 4.79 Å². The number of carbonyl (C=O) groups excluding carboxylic acids is 1. The smallest absolute Gasteiger partial charge is 0.242 e. The number of rotatable bonds is 1. The lowest BCUT2D eigenvalue weighted by Crippen LogP contribution is -2.36. The van der Waals surface area contributed by atoms with E-state index in [0.29, 0.717) is 12.1 Å². The third-order valence-corrected chi connectivity index (χ3v) is 2.21. The van der Waals surface area contributed by atoms with Crippen molar-refractivity contribution >= 4 is 17.3 Å². The highest BCUT2D eigenvalue weighted by molar-refractivity contribution is 5.95. The van der Waals surface area contributed by atoms with Crippen LogP contribution < -0.4 is 16.2 Å². The van der Waals surface area contributed by atoms with Crippen LogP contribution in [0.1, 0.15) is 13.3 Å². The van der Waals surface area contributed by atoms with Crippen LogP contribution in [0.3, 0.4) is 0 Å². The van der Waals surface area contributed by atoms with Crippen LogP contribution in [-0.4, -0.2) is 11.9 Å². The quantitative estimate of drug-likeness (QED) is 0.648. The van der Waals surface area contributed by atoms with Crippen LogP contribution in [0.5, 0.6) is 0 Å². The van der Waals surface area contributed by atoms with Gasteiger partial charge in [0.15, 0.2) is 0 Å². The van der Waals surface area contributed by atoms with Gasteiger partial charge in [0.25, 0.3) is 0 Å². The molecule has 1 atom stereocenters. The molecule has 1 fully saturated rings. The van der Waals surface area contributed by atoms with E-state index in [0.717, 1.165) is 5.69 Å². The van der Waals surface area contributed by atoms with Crippen molar-refractivity contribution in [2.24, 2.45) is 0 Å². The number of amides is 1. The van der Waals surface area contributed by atoms with Crippen LogP contribution in [0, 0.1) is 0 Å². The van der Waals surface area contributed by atoms with Crippen LogP contribution in [0.25, 0.3) is 0 Å². The number of nitrogens with zero attached hydrogens (tertiary/aromatic N) is 1. The van der Waals surface area contributed by atoms with E-state index in [1.54, 1.807) is 17.1 Å². The number of nitrogens with two attached hydrogens (primary N) is 1. The summed E-state index contributed by atoms with van der Waals surface area (Å²) in [5.74, 6) is 0.0862. The average molecular weight is 191 g/mol. The number of carbonyl (C=O) groups is 1. The minimum Gasteiger partial charge on any atom is -0.399 e. The number of hydrazine groups is 1. The first-order valence-electron chi connectivity index (χ1n) is 4.61. The fraction of sp³-hybridized carbons (Fsp3) is 0.300. The Morgan fingerprint density at radius 1 is 1.57 bits per heavy atom. The largest absolute Gasteiger partial charge is 0.399 e. The Balaban J connectivity index is 2.27. The molecule has 0 aliphatic carbocycles. The van der Waals surface area contributed by atoms with Crippen molar-refractivity contribution in [2.45, 2.75) is 19.4 Å². The lowest BCUT2D eigenvalue weighted by atomic mass is 10.2. The summed E-state index contributed by atoms with van der Waals surface area (Å²) in [4.78, 5) is 11.5. The third-order valence-electron chi connectivity index (χ3n) is 2.21. The Hall–Kier alpha value is -1.55. The number of nitrogens with one attached hydrogen (secondary N) is 1. The van der Waals surface area contributed by atoms with Gasteiger partial charge >= 0.3 is 0 Å². The highest BCUT2D eigenvalue weighted by atomic mass is 16.2. The van der Waals surface area contributed by atoms with Crippen molar-refractivity contribution in [2.75, 3.05) is 10.7 Å². The first-order chi connectivity index (χ1) is 6.66. The zero-order valence-corrected chi connectivity index (χ0v) is 8.03. The lowest BCUT2D eigenvalue weighted by Gasteiger charge is -2.16. The van der Waals surface area contributed by atoms with Gasteiger partial charge in [-0.05, 0) is 25.1 Å². The van der Waals surface area contributed by atoms with Crippen molar-refractivity contribution in [1.82, 2.24) is 5.43 Å². The Labute approximate surface area is 82.7 Å². The molecule has 4 heteroatoms. The predicted molar refractivity (Wildman–Crippen MR) is 55.6 cm³/mol. The molecule has 14 heavy (non-hydrogen) atoms. The molecule has 1 aliphatic heterocycles. The molecule has 1 amide bonds. The van der Waals surface area contributed by atoms with Gasteiger partial charge in [-0.2, -0.15) is 0 Å². The summed E-state index contributed by atoms with van der Waals surface area (Å²) in [5.41, 5.74) is 10.2. The Morgan fingerprint density at radius 3 is 2.93 bits per heavy atom. The van der Waals surface area contributed by atoms with Gasteiger partial charge in [-0.15, -0.1) is 0 Å². The van der Waals surface area contributed by atoms with E-state index in [9.17, 15) is 4.79 Å². The second-order valence-corrected chi connectivity index (χ2v) is 3.56. The number of hydrogen-bond acceptors (Lipinski definition) is 3. The lowest BCUT2D eigenvalue weighted by molar-refractivity contribution is -0.117. The summed E-state index contributed by atoms with van der Waals surface area (Å²) in [6, 6.07) is 7.47. The highest BCUT2D eigenvalue weighted by Gasteiger charge is 2.26. The fourth-order valence-electron chi connectivity index (χ4n) is 1.57. The summed E-state index contributed by atoms with van der Waals surface area (Å²) in [6.07, 6.45) is 0.537. The van der Waals surface area contributed by atoms with E-state index in [2.05, 4.69) is 5.43 Å². The topological polar surface area (TPSA) is 58.4 Å². The average Bonchev–Trinajstić information content (AvgIpc) is 2.45. The molecule has 0 bridgehead atoms. The summed E-state index contributed by atoms with van der Waals surface area (Å²) < 4.78 is 0. The zero-order valence-electron chi connectivity index (χ0n) is 8.03. The number of benzene rings is 1. The van der Waals surface area contributed by atoms with Gasteiger partial charge in [0.05, 0.1) is 5.69 Å². The van der Waals surface area contributed by atoms with E-state index in [-0.39, 0.29) is 11.9 Å². The van der Waals surface area contributed by atoms with Crippen molar-refractivity contribution in [1.29, 1.82) is 0 Å².